The minimum absolute atomic E-state index is 1.48. The minimum atomic E-state index is 1.48. The van der Waals surface area contributed by atoms with Gasteiger partial charge < -0.3 is 4.84 Å². The molecule has 0 unspecified atom stereocenters. The summed E-state index contributed by atoms with van der Waals surface area (Å²) >= 11 is 0. The van der Waals surface area contributed by atoms with E-state index in [2.05, 4.69) is 15.9 Å². The highest BCUT2D eigenvalue weighted by Crippen LogP contribution is 1.57. The predicted molar refractivity (Wildman–Crippen MR) is 24.7 cm³/mol. The first-order valence-corrected chi connectivity index (χ1v) is 1.68. The maximum absolute atomic E-state index is 4.26. The summed E-state index contributed by atoms with van der Waals surface area (Å²) in [6.07, 6.45) is 1.67. The Hall–Kier alpha value is -0.750. The molecule has 0 aliphatic carbocycles. The Bertz CT molecular complexity index is 71.6. The number of hydrogen-bond donors (Lipinski definition) is 0. The highest BCUT2D eigenvalue weighted by atomic mass is 16.6. The molecule has 2 heteroatoms. The summed E-state index contributed by atoms with van der Waals surface area (Å²) in [5, 5.41) is 3.28. The van der Waals surface area contributed by atoms with Crippen LogP contribution in [0.4, 0.5) is 0 Å². The van der Waals surface area contributed by atoms with Crippen LogP contribution in [0.5, 0.6) is 0 Å². The molecule has 0 amide bonds. The monoisotopic (exact) mass is 85.1 g/mol. The largest absolute Gasteiger partial charge is 0.392 e. The summed E-state index contributed by atoms with van der Waals surface area (Å²) in [5.74, 6) is 2.48. The van der Waals surface area contributed by atoms with Crippen LogP contribution in [0.25, 0.3) is 0 Å². The van der Waals surface area contributed by atoms with Crippen molar-refractivity contribution in [3.63, 3.8) is 0 Å². The third-order valence-electron chi connectivity index (χ3n) is 0.273. The molecule has 0 heterocycles. The van der Waals surface area contributed by atoms with E-state index in [0.29, 0.717) is 0 Å². The third-order valence-corrected chi connectivity index (χ3v) is 0.273. The zero-order chi connectivity index (χ0) is 4.83. The summed E-state index contributed by atoms with van der Waals surface area (Å²) in [7, 11) is 1.48. The van der Waals surface area contributed by atoms with Gasteiger partial charge in [0.2, 0.25) is 0 Å². The molecule has 0 aromatic heterocycles. The molecule has 0 spiro atoms. The maximum atomic E-state index is 4.26. The predicted octanol–water partition coefficient (Wildman–Crippen LogP) is 0.794. The molecule has 0 aromatic carbocycles. The van der Waals surface area contributed by atoms with E-state index in [4.69, 9.17) is 0 Å². The van der Waals surface area contributed by atoms with Crippen LogP contribution in [0, 0.1) is 0 Å². The standard InChI is InChI=1S/C4H7NO/c1-3-4-5-6-2/h3H,1-2H3. The average molecular weight is 85.1 g/mol. The van der Waals surface area contributed by atoms with Crippen LogP contribution in [0.2, 0.25) is 0 Å². The number of allylic oxidation sites excluding steroid dienone is 1. The van der Waals surface area contributed by atoms with E-state index < -0.39 is 0 Å². The minimum Gasteiger partial charge on any atom is -0.392 e. The van der Waals surface area contributed by atoms with Gasteiger partial charge in [0.1, 0.15) is 7.11 Å². The van der Waals surface area contributed by atoms with Crippen LogP contribution in [-0.2, 0) is 4.84 Å². The fourth-order valence-electron chi connectivity index (χ4n) is 0.105. The average Bonchev–Trinajstić information content (AvgIpc) is 1.61. The van der Waals surface area contributed by atoms with Crippen LogP contribution in [-0.4, -0.2) is 13.0 Å². The molecule has 2 nitrogen and oxygen atoms in total. The summed E-state index contributed by atoms with van der Waals surface area (Å²) < 4.78 is 0. The van der Waals surface area contributed by atoms with Crippen molar-refractivity contribution in [2.45, 2.75) is 6.92 Å². The van der Waals surface area contributed by atoms with Gasteiger partial charge in [-0.15, -0.1) is 0 Å². The van der Waals surface area contributed by atoms with Gasteiger partial charge in [0.05, 0.1) is 0 Å². The second kappa shape index (κ2) is 4.25. The Morgan fingerprint density at radius 1 is 1.83 bits per heavy atom. The quantitative estimate of drug-likeness (QED) is 0.341. The lowest BCUT2D eigenvalue weighted by atomic mass is 10.8. The van der Waals surface area contributed by atoms with Crippen molar-refractivity contribution in [3.8, 4) is 0 Å². The van der Waals surface area contributed by atoms with Gasteiger partial charge in [-0.3, -0.25) is 0 Å². The van der Waals surface area contributed by atoms with E-state index in [1.54, 1.807) is 6.08 Å². The lowest BCUT2D eigenvalue weighted by Crippen LogP contribution is -1.60. The second-order valence-corrected chi connectivity index (χ2v) is 0.692. The number of rotatable bonds is 1. The summed E-state index contributed by atoms with van der Waals surface area (Å²) in [4.78, 5) is 4.26. The summed E-state index contributed by atoms with van der Waals surface area (Å²) in [5.41, 5.74) is 0. The fourth-order valence-corrected chi connectivity index (χ4v) is 0.105. The Balaban J connectivity index is 3.18. The van der Waals surface area contributed by atoms with Crippen LogP contribution < -0.4 is 0 Å². The first-order valence-electron chi connectivity index (χ1n) is 1.68. The topological polar surface area (TPSA) is 21.6 Å². The van der Waals surface area contributed by atoms with Crippen molar-refractivity contribution in [2.24, 2.45) is 5.16 Å². The van der Waals surface area contributed by atoms with Crippen LogP contribution >= 0.6 is 0 Å². The van der Waals surface area contributed by atoms with E-state index in [0.717, 1.165) is 0 Å². The molecular formula is C4H7NO. The molecule has 0 fully saturated rings. The smallest absolute Gasteiger partial charge is 0.107 e. The van der Waals surface area contributed by atoms with Crippen molar-refractivity contribution in [1.29, 1.82) is 0 Å². The van der Waals surface area contributed by atoms with E-state index in [9.17, 15) is 0 Å². The van der Waals surface area contributed by atoms with E-state index >= 15 is 0 Å². The first-order chi connectivity index (χ1) is 2.91. The van der Waals surface area contributed by atoms with E-state index in [1.807, 2.05) is 6.92 Å². The highest BCUT2D eigenvalue weighted by Gasteiger charge is 1.46. The van der Waals surface area contributed by atoms with E-state index in [1.165, 1.54) is 7.11 Å². The van der Waals surface area contributed by atoms with Crippen molar-refractivity contribution in [3.05, 3.63) is 6.08 Å². The third kappa shape index (κ3) is 3.25. The van der Waals surface area contributed by atoms with Gasteiger partial charge >= 0.3 is 0 Å². The van der Waals surface area contributed by atoms with Gasteiger partial charge in [-0.2, -0.15) is 0 Å². The van der Waals surface area contributed by atoms with Crippen molar-refractivity contribution < 1.29 is 4.84 Å². The Morgan fingerprint density at radius 3 is 2.67 bits per heavy atom. The van der Waals surface area contributed by atoms with Crippen LogP contribution in [0.3, 0.4) is 0 Å². The number of nitrogens with zero attached hydrogens (tertiary/aromatic N) is 1. The molecule has 0 aromatic rings. The van der Waals surface area contributed by atoms with Crippen molar-refractivity contribution >= 4 is 5.87 Å². The SMILES string of the molecule is CC=C=NOC. The van der Waals surface area contributed by atoms with E-state index in [-0.39, 0.29) is 0 Å². The van der Waals surface area contributed by atoms with Gasteiger partial charge in [0, 0.05) is 5.87 Å². The van der Waals surface area contributed by atoms with Crippen molar-refractivity contribution in [2.75, 3.05) is 7.11 Å². The molecule has 34 valence electrons. The molecule has 0 rings (SSSR count). The molecule has 0 saturated carbocycles. The Morgan fingerprint density at radius 2 is 2.50 bits per heavy atom. The van der Waals surface area contributed by atoms with Gasteiger partial charge in [-0.05, 0) is 18.2 Å². The van der Waals surface area contributed by atoms with Crippen LogP contribution in [0.1, 0.15) is 6.92 Å². The fraction of sp³-hybridized carbons (Fsp3) is 0.500. The molecular weight excluding hydrogens is 78.0 g/mol. The first kappa shape index (κ1) is 5.25. The molecule has 0 N–H and O–H groups in total. The molecule has 0 bridgehead atoms. The summed E-state index contributed by atoms with van der Waals surface area (Å²) in [6, 6.07) is 0. The van der Waals surface area contributed by atoms with Gasteiger partial charge in [-0.25, -0.2) is 0 Å². The molecule has 0 atom stereocenters. The normalized spacial score (nSPS) is 5.67. The number of hydrogen-bond acceptors (Lipinski definition) is 2. The van der Waals surface area contributed by atoms with Gasteiger partial charge in [-0.1, -0.05) is 0 Å². The van der Waals surface area contributed by atoms with Gasteiger partial charge in [0.25, 0.3) is 0 Å². The highest BCUT2D eigenvalue weighted by molar-refractivity contribution is 5.49. The zero-order valence-corrected chi connectivity index (χ0v) is 3.93. The summed E-state index contributed by atoms with van der Waals surface area (Å²) in [6.45, 7) is 1.82. The van der Waals surface area contributed by atoms with Crippen LogP contribution in [0.15, 0.2) is 11.2 Å². The molecule has 6 heavy (non-hydrogen) atoms. The van der Waals surface area contributed by atoms with Gasteiger partial charge in [0.15, 0.2) is 0 Å². The lowest BCUT2D eigenvalue weighted by molar-refractivity contribution is 0.216. The maximum Gasteiger partial charge on any atom is 0.107 e. The van der Waals surface area contributed by atoms with Crippen molar-refractivity contribution in [1.82, 2.24) is 0 Å². The molecule has 0 aliphatic rings. The molecule has 0 aliphatic heterocycles. The Kier molecular flexibility index (Phi) is 3.72. The zero-order valence-electron chi connectivity index (χ0n) is 3.93. The molecule has 0 saturated heterocycles. The second-order valence-electron chi connectivity index (χ2n) is 0.692. The lowest BCUT2D eigenvalue weighted by Gasteiger charge is -1.72. The Labute approximate surface area is 37.1 Å². The molecule has 0 radical (unpaired) electrons.